The third kappa shape index (κ3) is 3.43. The summed E-state index contributed by atoms with van der Waals surface area (Å²) in [6.45, 7) is 3.29. The molecule has 0 aliphatic carbocycles. The Balaban J connectivity index is 2.06. The van der Waals surface area contributed by atoms with E-state index in [1.165, 1.54) is 6.07 Å². The number of urea groups is 1. The van der Waals surface area contributed by atoms with Gasteiger partial charge in [-0.15, -0.1) is 0 Å². The maximum atomic E-state index is 12.4. The first-order chi connectivity index (χ1) is 10.8. The molecular weight excluding hydrogens is 341 g/mol. The van der Waals surface area contributed by atoms with E-state index in [2.05, 4.69) is 10.6 Å². The second kappa shape index (κ2) is 6.76. The van der Waals surface area contributed by atoms with Gasteiger partial charge in [0.25, 0.3) is 5.91 Å². The SMILES string of the molecule is CCC1(CC)NC(=O)N(CC(=O)Nc2ccc(Cl)c(Cl)c2)C1=O. The third-order valence-corrected chi connectivity index (χ3v) is 4.70. The van der Waals surface area contributed by atoms with E-state index in [1.807, 2.05) is 13.8 Å². The molecule has 1 aromatic rings. The van der Waals surface area contributed by atoms with E-state index in [0.717, 1.165) is 4.90 Å². The summed E-state index contributed by atoms with van der Waals surface area (Å²) in [5.41, 5.74) is -0.477. The fourth-order valence-electron chi connectivity index (χ4n) is 2.47. The van der Waals surface area contributed by atoms with Crippen molar-refractivity contribution in [3.8, 4) is 0 Å². The molecule has 124 valence electrons. The van der Waals surface area contributed by atoms with Crippen molar-refractivity contribution in [3.05, 3.63) is 28.2 Å². The fourth-order valence-corrected chi connectivity index (χ4v) is 2.77. The second-order valence-corrected chi connectivity index (χ2v) is 6.10. The maximum absolute atomic E-state index is 12.4. The molecule has 1 aliphatic rings. The molecule has 0 spiro atoms. The zero-order chi connectivity index (χ0) is 17.2. The van der Waals surface area contributed by atoms with E-state index in [1.54, 1.807) is 12.1 Å². The molecule has 0 bridgehead atoms. The van der Waals surface area contributed by atoms with Gasteiger partial charge in [0.1, 0.15) is 12.1 Å². The van der Waals surface area contributed by atoms with Crippen LogP contribution in [0.2, 0.25) is 10.0 Å². The van der Waals surface area contributed by atoms with Crippen LogP contribution in [0.25, 0.3) is 0 Å². The van der Waals surface area contributed by atoms with Gasteiger partial charge in [-0.2, -0.15) is 0 Å². The zero-order valence-corrected chi connectivity index (χ0v) is 14.3. The summed E-state index contributed by atoms with van der Waals surface area (Å²) in [4.78, 5) is 37.4. The minimum Gasteiger partial charge on any atom is -0.324 e. The van der Waals surface area contributed by atoms with E-state index in [-0.39, 0.29) is 12.5 Å². The van der Waals surface area contributed by atoms with E-state index >= 15 is 0 Å². The number of amides is 4. The zero-order valence-electron chi connectivity index (χ0n) is 12.8. The fraction of sp³-hybridized carbons (Fsp3) is 0.400. The monoisotopic (exact) mass is 357 g/mol. The summed E-state index contributed by atoms with van der Waals surface area (Å²) in [5.74, 6) is -0.869. The number of hydrogen-bond donors (Lipinski definition) is 2. The van der Waals surface area contributed by atoms with Gasteiger partial charge < -0.3 is 10.6 Å². The molecule has 1 saturated heterocycles. The molecule has 0 radical (unpaired) electrons. The minimum absolute atomic E-state index is 0.301. The number of benzene rings is 1. The first kappa shape index (κ1) is 17.6. The van der Waals surface area contributed by atoms with Gasteiger partial charge >= 0.3 is 6.03 Å². The Hall–Kier alpha value is -1.79. The Kier molecular flexibility index (Phi) is 5.16. The van der Waals surface area contributed by atoms with Crippen molar-refractivity contribution < 1.29 is 14.4 Å². The molecule has 1 aliphatic heterocycles. The van der Waals surface area contributed by atoms with Crippen LogP contribution in [0, 0.1) is 0 Å². The first-order valence-electron chi connectivity index (χ1n) is 7.22. The first-order valence-corrected chi connectivity index (χ1v) is 7.97. The van der Waals surface area contributed by atoms with Crippen molar-refractivity contribution in [1.29, 1.82) is 0 Å². The maximum Gasteiger partial charge on any atom is 0.325 e. The van der Waals surface area contributed by atoms with Crippen LogP contribution in [0.5, 0.6) is 0 Å². The van der Waals surface area contributed by atoms with Gasteiger partial charge in [0.2, 0.25) is 5.91 Å². The number of anilines is 1. The number of nitrogens with one attached hydrogen (secondary N) is 2. The van der Waals surface area contributed by atoms with E-state index < -0.39 is 17.5 Å². The highest BCUT2D eigenvalue weighted by Gasteiger charge is 2.49. The lowest BCUT2D eigenvalue weighted by Gasteiger charge is -2.23. The summed E-state index contributed by atoms with van der Waals surface area (Å²) in [5, 5.41) is 5.93. The smallest absolute Gasteiger partial charge is 0.324 e. The lowest BCUT2D eigenvalue weighted by atomic mass is 9.93. The quantitative estimate of drug-likeness (QED) is 0.794. The number of carbonyl (C=O) groups is 3. The molecule has 4 amide bonds. The molecule has 1 aromatic carbocycles. The average molecular weight is 358 g/mol. The standard InChI is InChI=1S/C15H17Cl2N3O3/c1-3-15(4-2)13(22)20(14(23)19-15)8-12(21)18-9-5-6-10(16)11(17)7-9/h5-7H,3-4,8H2,1-2H3,(H,18,21)(H,19,23). The molecule has 1 fully saturated rings. The third-order valence-electron chi connectivity index (χ3n) is 3.96. The summed E-state index contributed by atoms with van der Waals surface area (Å²) >= 11 is 11.7. The summed E-state index contributed by atoms with van der Waals surface area (Å²) in [6.07, 6.45) is 0.942. The normalized spacial score (nSPS) is 16.4. The van der Waals surface area contributed by atoms with Gasteiger partial charge in [0, 0.05) is 5.69 Å². The van der Waals surface area contributed by atoms with Crippen molar-refractivity contribution in [3.63, 3.8) is 0 Å². The predicted octanol–water partition coefficient (Wildman–Crippen LogP) is 3.04. The predicted molar refractivity (Wildman–Crippen MR) is 88.6 cm³/mol. The van der Waals surface area contributed by atoms with Gasteiger partial charge in [-0.05, 0) is 31.0 Å². The van der Waals surface area contributed by atoms with Gasteiger partial charge in [-0.3, -0.25) is 14.5 Å². The van der Waals surface area contributed by atoms with Gasteiger partial charge in [-0.25, -0.2) is 4.79 Å². The highest BCUT2D eigenvalue weighted by molar-refractivity contribution is 6.42. The summed E-state index contributed by atoms with van der Waals surface area (Å²) in [6, 6.07) is 4.08. The molecule has 0 saturated carbocycles. The number of halogens is 2. The van der Waals surface area contributed by atoms with Crippen LogP contribution < -0.4 is 10.6 Å². The Morgan fingerprint density at radius 1 is 1.22 bits per heavy atom. The number of hydrogen-bond acceptors (Lipinski definition) is 3. The van der Waals surface area contributed by atoms with E-state index in [9.17, 15) is 14.4 Å². The topological polar surface area (TPSA) is 78.5 Å². The summed E-state index contributed by atoms with van der Waals surface area (Å²) < 4.78 is 0. The molecule has 0 atom stereocenters. The van der Waals surface area contributed by atoms with Crippen molar-refractivity contribution in [2.75, 3.05) is 11.9 Å². The molecule has 8 heteroatoms. The number of rotatable bonds is 5. The van der Waals surface area contributed by atoms with Crippen molar-refractivity contribution >= 4 is 46.7 Å². The van der Waals surface area contributed by atoms with Crippen LogP contribution in [0.3, 0.4) is 0 Å². The van der Waals surface area contributed by atoms with Crippen LogP contribution in [0.15, 0.2) is 18.2 Å². The van der Waals surface area contributed by atoms with Gasteiger partial charge in [-0.1, -0.05) is 37.0 Å². The molecule has 2 rings (SSSR count). The van der Waals surface area contributed by atoms with Crippen LogP contribution >= 0.6 is 23.2 Å². The van der Waals surface area contributed by atoms with Crippen molar-refractivity contribution in [1.82, 2.24) is 10.2 Å². The van der Waals surface area contributed by atoms with E-state index in [0.29, 0.717) is 28.6 Å². The van der Waals surface area contributed by atoms with Crippen LogP contribution in [0.1, 0.15) is 26.7 Å². The Morgan fingerprint density at radius 2 is 1.87 bits per heavy atom. The molecular formula is C15H17Cl2N3O3. The Morgan fingerprint density at radius 3 is 2.39 bits per heavy atom. The number of nitrogens with zero attached hydrogens (tertiary/aromatic N) is 1. The Labute approximate surface area is 144 Å². The van der Waals surface area contributed by atoms with Crippen LogP contribution in [0.4, 0.5) is 10.5 Å². The largest absolute Gasteiger partial charge is 0.325 e. The molecule has 0 aromatic heterocycles. The molecule has 1 heterocycles. The van der Waals surface area contributed by atoms with Crippen LogP contribution in [-0.4, -0.2) is 34.8 Å². The number of carbonyl (C=O) groups excluding carboxylic acids is 3. The molecule has 2 N–H and O–H groups in total. The molecule has 23 heavy (non-hydrogen) atoms. The second-order valence-electron chi connectivity index (χ2n) is 5.29. The summed E-state index contributed by atoms with van der Waals surface area (Å²) in [7, 11) is 0. The van der Waals surface area contributed by atoms with Gasteiger partial charge in [0.15, 0.2) is 0 Å². The molecule has 0 unspecified atom stereocenters. The lowest BCUT2D eigenvalue weighted by molar-refractivity contribution is -0.134. The van der Waals surface area contributed by atoms with Gasteiger partial charge in [0.05, 0.1) is 10.0 Å². The van der Waals surface area contributed by atoms with Crippen molar-refractivity contribution in [2.24, 2.45) is 0 Å². The van der Waals surface area contributed by atoms with Crippen molar-refractivity contribution in [2.45, 2.75) is 32.2 Å². The van der Waals surface area contributed by atoms with E-state index in [4.69, 9.17) is 23.2 Å². The lowest BCUT2D eigenvalue weighted by Crippen LogP contribution is -2.46. The molecule has 6 nitrogen and oxygen atoms in total. The van der Waals surface area contributed by atoms with Crippen LogP contribution in [-0.2, 0) is 9.59 Å². The average Bonchev–Trinajstić information content (AvgIpc) is 2.75. The minimum atomic E-state index is -0.916. The highest BCUT2D eigenvalue weighted by Crippen LogP contribution is 2.26. The highest BCUT2D eigenvalue weighted by atomic mass is 35.5. The Bertz CT molecular complexity index is 659. The number of imide groups is 1.